The van der Waals surface area contributed by atoms with Gasteiger partial charge in [-0.05, 0) is 42.6 Å². The van der Waals surface area contributed by atoms with Crippen LogP contribution >= 0.6 is 11.8 Å². The van der Waals surface area contributed by atoms with Gasteiger partial charge in [-0.3, -0.25) is 0 Å². The molecular formula is C17H21NOS. The lowest BCUT2D eigenvalue weighted by molar-refractivity contribution is 0.197. The lowest BCUT2D eigenvalue weighted by Crippen LogP contribution is -2.21. The summed E-state index contributed by atoms with van der Waals surface area (Å²) in [6.07, 6.45) is 6.69. The minimum atomic E-state index is 0.550. The quantitative estimate of drug-likeness (QED) is 0.583. The van der Waals surface area contributed by atoms with E-state index in [4.69, 9.17) is 4.74 Å². The van der Waals surface area contributed by atoms with Crippen molar-refractivity contribution in [2.75, 3.05) is 12.4 Å². The molecule has 0 fully saturated rings. The fourth-order valence-corrected chi connectivity index (χ4v) is 3.23. The molecule has 2 nitrogen and oxygen atoms in total. The molecule has 0 N–H and O–H groups in total. The molecule has 0 saturated heterocycles. The van der Waals surface area contributed by atoms with Crippen LogP contribution in [0.3, 0.4) is 0 Å². The van der Waals surface area contributed by atoms with E-state index in [0.717, 1.165) is 29.2 Å². The highest BCUT2D eigenvalue weighted by Gasteiger charge is 2.19. The van der Waals surface area contributed by atoms with Crippen LogP contribution in [0.2, 0.25) is 0 Å². The Kier molecular flexibility index (Phi) is 5.55. The Morgan fingerprint density at radius 2 is 2.15 bits per heavy atom. The SMILES string of the molecule is CCSc1cccc(OCC2CC=CCC2C)c1C#N. The van der Waals surface area contributed by atoms with Crippen LogP contribution in [-0.2, 0) is 0 Å². The largest absolute Gasteiger partial charge is 0.492 e. The molecule has 2 atom stereocenters. The van der Waals surface area contributed by atoms with Crippen LogP contribution in [0.4, 0.5) is 0 Å². The molecule has 1 aromatic carbocycles. The number of ether oxygens (including phenoxy) is 1. The summed E-state index contributed by atoms with van der Waals surface area (Å²) in [5, 5.41) is 9.36. The smallest absolute Gasteiger partial charge is 0.138 e. The third-order valence-corrected chi connectivity index (χ3v) is 4.71. The van der Waals surface area contributed by atoms with Crippen molar-refractivity contribution in [1.29, 1.82) is 5.26 Å². The van der Waals surface area contributed by atoms with Crippen LogP contribution in [0.25, 0.3) is 0 Å². The summed E-state index contributed by atoms with van der Waals surface area (Å²) < 4.78 is 5.96. The van der Waals surface area contributed by atoms with Gasteiger partial charge in [0.2, 0.25) is 0 Å². The first-order valence-corrected chi connectivity index (χ1v) is 8.18. The highest BCUT2D eigenvalue weighted by molar-refractivity contribution is 7.99. The molecule has 1 aliphatic carbocycles. The maximum absolute atomic E-state index is 9.36. The molecule has 3 heteroatoms. The Bertz CT molecular complexity index is 518. The van der Waals surface area contributed by atoms with Gasteiger partial charge in [0.25, 0.3) is 0 Å². The van der Waals surface area contributed by atoms with Crippen molar-refractivity contribution in [1.82, 2.24) is 0 Å². The fraction of sp³-hybridized carbons (Fsp3) is 0.471. The van der Waals surface area contributed by atoms with E-state index >= 15 is 0 Å². The fourth-order valence-electron chi connectivity index (χ4n) is 2.45. The van der Waals surface area contributed by atoms with Crippen LogP contribution < -0.4 is 4.74 Å². The van der Waals surface area contributed by atoms with Crippen molar-refractivity contribution < 1.29 is 4.74 Å². The summed E-state index contributed by atoms with van der Waals surface area (Å²) in [5.74, 6) is 2.89. The molecule has 1 aromatic rings. The average molecular weight is 287 g/mol. The summed E-state index contributed by atoms with van der Waals surface area (Å²) in [7, 11) is 0. The van der Waals surface area contributed by atoms with Gasteiger partial charge in [0.05, 0.1) is 6.61 Å². The summed E-state index contributed by atoms with van der Waals surface area (Å²) in [4.78, 5) is 1.02. The van der Waals surface area contributed by atoms with Crippen molar-refractivity contribution in [3.8, 4) is 11.8 Å². The van der Waals surface area contributed by atoms with E-state index in [2.05, 4.69) is 32.1 Å². The van der Waals surface area contributed by atoms with E-state index in [0.29, 0.717) is 24.0 Å². The summed E-state index contributed by atoms with van der Waals surface area (Å²) in [5.41, 5.74) is 0.679. The molecule has 106 valence electrons. The van der Waals surface area contributed by atoms with Gasteiger partial charge in [0.1, 0.15) is 17.4 Å². The molecule has 20 heavy (non-hydrogen) atoms. The predicted molar refractivity (Wildman–Crippen MR) is 84.1 cm³/mol. The Balaban J connectivity index is 2.07. The number of hydrogen-bond acceptors (Lipinski definition) is 3. The molecular weight excluding hydrogens is 266 g/mol. The topological polar surface area (TPSA) is 33.0 Å². The van der Waals surface area contributed by atoms with Crippen molar-refractivity contribution in [2.45, 2.75) is 31.6 Å². The molecule has 0 aromatic heterocycles. The van der Waals surface area contributed by atoms with Gasteiger partial charge < -0.3 is 4.74 Å². The number of thioether (sulfide) groups is 1. The number of allylic oxidation sites excluding steroid dienone is 2. The first-order valence-electron chi connectivity index (χ1n) is 7.20. The number of nitriles is 1. The van der Waals surface area contributed by atoms with E-state index in [1.54, 1.807) is 11.8 Å². The van der Waals surface area contributed by atoms with E-state index in [1.807, 2.05) is 18.2 Å². The average Bonchev–Trinajstić information content (AvgIpc) is 2.47. The number of rotatable bonds is 5. The number of nitrogens with zero attached hydrogens (tertiary/aromatic N) is 1. The molecule has 0 saturated carbocycles. The second-order valence-electron chi connectivity index (χ2n) is 5.17. The molecule has 0 radical (unpaired) electrons. The standard InChI is InChI=1S/C17H21NOS/c1-3-20-17-10-6-9-16(15(17)11-18)19-12-14-8-5-4-7-13(14)2/h4-6,9-10,13-14H,3,7-8,12H2,1-2H3. The van der Waals surface area contributed by atoms with Gasteiger partial charge in [0.15, 0.2) is 0 Å². The molecule has 0 bridgehead atoms. The third kappa shape index (κ3) is 3.58. The second kappa shape index (κ2) is 7.40. The van der Waals surface area contributed by atoms with Crippen molar-refractivity contribution in [3.63, 3.8) is 0 Å². The van der Waals surface area contributed by atoms with Gasteiger partial charge in [0, 0.05) is 4.90 Å². The molecule has 2 rings (SSSR count). The van der Waals surface area contributed by atoms with Gasteiger partial charge in [-0.25, -0.2) is 0 Å². The van der Waals surface area contributed by atoms with E-state index < -0.39 is 0 Å². The zero-order valence-corrected chi connectivity index (χ0v) is 13.0. The molecule has 2 unspecified atom stereocenters. The predicted octanol–water partition coefficient (Wildman–Crippen LogP) is 4.65. The monoisotopic (exact) mass is 287 g/mol. The molecule has 0 heterocycles. The first kappa shape index (κ1) is 15.0. The van der Waals surface area contributed by atoms with Gasteiger partial charge in [-0.1, -0.05) is 32.1 Å². The van der Waals surface area contributed by atoms with Crippen molar-refractivity contribution in [3.05, 3.63) is 35.9 Å². The second-order valence-corrected chi connectivity index (χ2v) is 6.47. The van der Waals surface area contributed by atoms with E-state index in [9.17, 15) is 5.26 Å². The maximum Gasteiger partial charge on any atom is 0.138 e. The highest BCUT2D eigenvalue weighted by atomic mass is 32.2. The molecule has 0 spiro atoms. The molecule has 0 amide bonds. The minimum absolute atomic E-state index is 0.550. The molecule has 0 aliphatic heterocycles. The number of hydrogen-bond donors (Lipinski definition) is 0. The third-order valence-electron chi connectivity index (χ3n) is 3.77. The van der Waals surface area contributed by atoms with Crippen molar-refractivity contribution >= 4 is 11.8 Å². The maximum atomic E-state index is 9.36. The minimum Gasteiger partial charge on any atom is -0.492 e. The van der Waals surface area contributed by atoms with E-state index in [1.165, 1.54) is 0 Å². The van der Waals surface area contributed by atoms with Crippen LogP contribution in [-0.4, -0.2) is 12.4 Å². The normalized spacial score (nSPS) is 21.4. The van der Waals surface area contributed by atoms with Crippen molar-refractivity contribution in [2.24, 2.45) is 11.8 Å². The Hall–Kier alpha value is -1.40. The number of benzene rings is 1. The summed E-state index contributed by atoms with van der Waals surface area (Å²) in [6, 6.07) is 8.15. The molecule has 1 aliphatic rings. The van der Waals surface area contributed by atoms with Crippen LogP contribution in [0.5, 0.6) is 5.75 Å². The Morgan fingerprint density at radius 3 is 2.85 bits per heavy atom. The van der Waals surface area contributed by atoms with Crippen LogP contribution in [0, 0.1) is 23.2 Å². The van der Waals surface area contributed by atoms with Crippen LogP contribution in [0.15, 0.2) is 35.2 Å². The van der Waals surface area contributed by atoms with Gasteiger partial charge in [-0.2, -0.15) is 5.26 Å². The van der Waals surface area contributed by atoms with Gasteiger partial charge in [-0.15, -0.1) is 11.8 Å². The lowest BCUT2D eigenvalue weighted by Gasteiger charge is -2.25. The summed E-state index contributed by atoms with van der Waals surface area (Å²) >= 11 is 1.69. The Labute approximate surface area is 125 Å². The Morgan fingerprint density at radius 1 is 1.35 bits per heavy atom. The first-order chi connectivity index (χ1) is 9.76. The van der Waals surface area contributed by atoms with Crippen LogP contribution in [0.1, 0.15) is 32.3 Å². The van der Waals surface area contributed by atoms with Gasteiger partial charge >= 0.3 is 0 Å². The lowest BCUT2D eigenvalue weighted by atomic mass is 9.85. The van der Waals surface area contributed by atoms with E-state index in [-0.39, 0.29) is 0 Å². The summed E-state index contributed by atoms with van der Waals surface area (Å²) in [6.45, 7) is 5.06. The highest BCUT2D eigenvalue weighted by Crippen LogP contribution is 2.31. The zero-order valence-electron chi connectivity index (χ0n) is 12.1. The zero-order chi connectivity index (χ0) is 14.4.